The molecule has 1 N–H and O–H groups in total. The van der Waals surface area contributed by atoms with Gasteiger partial charge in [-0.1, -0.05) is 30.3 Å². The number of nitrogens with zero attached hydrogens (tertiary/aromatic N) is 1. The summed E-state index contributed by atoms with van der Waals surface area (Å²) in [6.07, 6.45) is 1.74. The number of hydrogen-bond acceptors (Lipinski definition) is 3. The lowest BCUT2D eigenvalue weighted by Crippen LogP contribution is -2.46. The van der Waals surface area contributed by atoms with E-state index in [2.05, 4.69) is 12.2 Å². The van der Waals surface area contributed by atoms with Gasteiger partial charge in [0.05, 0.1) is 6.04 Å². The quantitative estimate of drug-likeness (QED) is 0.912. The van der Waals surface area contributed by atoms with Gasteiger partial charge in [0.15, 0.2) is 0 Å². The Hall–Kier alpha value is -1.26. The summed E-state index contributed by atoms with van der Waals surface area (Å²) in [7, 11) is 0. The number of hydrogen-bond donors (Lipinski definition) is 1. The predicted molar refractivity (Wildman–Crippen MR) is 80.1 cm³/mol. The lowest BCUT2D eigenvalue weighted by atomic mass is 9.99. The molecule has 1 aromatic carbocycles. The first kappa shape index (κ1) is 15.1. The van der Waals surface area contributed by atoms with Crippen molar-refractivity contribution in [3.05, 3.63) is 35.9 Å². The highest BCUT2D eigenvalue weighted by Crippen LogP contribution is 2.35. The molecule has 0 aliphatic carbocycles. The van der Waals surface area contributed by atoms with Crippen LogP contribution in [0, 0.1) is 0 Å². The minimum atomic E-state index is -0.159. The fourth-order valence-electron chi connectivity index (χ4n) is 3.14. The highest BCUT2D eigenvalue weighted by Gasteiger charge is 2.43. The first-order valence-electron chi connectivity index (χ1n) is 7.02. The molecule has 5 heteroatoms. The van der Waals surface area contributed by atoms with E-state index in [9.17, 15) is 4.79 Å². The summed E-state index contributed by atoms with van der Waals surface area (Å²) in [5.41, 5.74) is 1.08. The van der Waals surface area contributed by atoms with Crippen LogP contribution in [0.4, 0.5) is 4.79 Å². The van der Waals surface area contributed by atoms with Crippen molar-refractivity contribution in [3.63, 3.8) is 0 Å². The van der Waals surface area contributed by atoms with Crippen molar-refractivity contribution < 1.29 is 9.53 Å². The third-order valence-electron chi connectivity index (χ3n) is 4.15. The van der Waals surface area contributed by atoms with Crippen molar-refractivity contribution in [2.24, 2.45) is 0 Å². The summed E-state index contributed by atoms with van der Waals surface area (Å²) in [5.74, 6) is 0. The predicted octanol–water partition coefficient (Wildman–Crippen LogP) is 2.74. The van der Waals surface area contributed by atoms with Gasteiger partial charge < -0.3 is 10.1 Å². The second-order valence-electron chi connectivity index (χ2n) is 5.34. The molecule has 0 spiro atoms. The smallest absolute Gasteiger partial charge is 0.411 e. The molecule has 20 heavy (non-hydrogen) atoms. The van der Waals surface area contributed by atoms with E-state index in [0.29, 0.717) is 6.04 Å². The maximum Gasteiger partial charge on any atom is 0.411 e. The van der Waals surface area contributed by atoms with Crippen LogP contribution in [-0.4, -0.2) is 36.2 Å². The summed E-state index contributed by atoms with van der Waals surface area (Å²) < 4.78 is 5.59. The summed E-state index contributed by atoms with van der Waals surface area (Å²) in [4.78, 5) is 14.1. The number of rotatable bonds is 2. The molecule has 3 rings (SSSR count). The van der Waals surface area contributed by atoms with Gasteiger partial charge in [0.25, 0.3) is 0 Å². The number of benzene rings is 1. The molecular formula is C15H21ClN2O2. The van der Waals surface area contributed by atoms with E-state index in [1.165, 1.54) is 0 Å². The number of halogens is 1. The molecule has 2 atom stereocenters. The highest BCUT2D eigenvalue weighted by molar-refractivity contribution is 5.85. The van der Waals surface area contributed by atoms with Crippen molar-refractivity contribution in [3.8, 4) is 0 Å². The molecule has 0 radical (unpaired) electrons. The van der Waals surface area contributed by atoms with Crippen molar-refractivity contribution in [2.75, 3.05) is 13.1 Å². The Morgan fingerprint density at radius 1 is 1.20 bits per heavy atom. The van der Waals surface area contributed by atoms with Crippen LogP contribution in [-0.2, 0) is 4.74 Å². The van der Waals surface area contributed by atoms with E-state index >= 15 is 0 Å². The first-order chi connectivity index (χ1) is 9.27. The lowest BCUT2D eigenvalue weighted by molar-refractivity contribution is 0.124. The summed E-state index contributed by atoms with van der Waals surface area (Å²) >= 11 is 0. The van der Waals surface area contributed by atoms with E-state index in [1.54, 1.807) is 0 Å². The fourth-order valence-corrected chi connectivity index (χ4v) is 3.14. The topological polar surface area (TPSA) is 41.6 Å². The number of nitrogens with one attached hydrogen (secondary N) is 1. The van der Waals surface area contributed by atoms with Gasteiger partial charge in [-0.05, 0) is 38.4 Å². The molecule has 1 aromatic rings. The van der Waals surface area contributed by atoms with Gasteiger partial charge in [-0.25, -0.2) is 4.79 Å². The SMILES string of the molecule is C[C@@H]1[C@H](c2ccccc2)OC(=O)N1C1CCNCC1.Cl. The maximum atomic E-state index is 12.2. The van der Waals surface area contributed by atoms with Crippen molar-refractivity contribution >= 4 is 18.5 Å². The monoisotopic (exact) mass is 296 g/mol. The van der Waals surface area contributed by atoms with E-state index in [4.69, 9.17) is 4.74 Å². The Labute approximate surface area is 125 Å². The Bertz CT molecular complexity index is 448. The van der Waals surface area contributed by atoms with Crippen LogP contribution >= 0.6 is 12.4 Å². The normalized spacial score (nSPS) is 27.1. The average Bonchev–Trinajstić information content (AvgIpc) is 2.76. The zero-order valence-electron chi connectivity index (χ0n) is 11.6. The van der Waals surface area contributed by atoms with Crippen molar-refractivity contribution in [1.82, 2.24) is 10.2 Å². The molecule has 2 saturated heterocycles. The zero-order valence-corrected chi connectivity index (χ0v) is 12.4. The first-order valence-corrected chi connectivity index (χ1v) is 7.02. The molecular weight excluding hydrogens is 276 g/mol. The van der Waals surface area contributed by atoms with Crippen molar-refractivity contribution in [2.45, 2.75) is 38.0 Å². The minimum absolute atomic E-state index is 0. The zero-order chi connectivity index (χ0) is 13.2. The highest BCUT2D eigenvalue weighted by atomic mass is 35.5. The van der Waals surface area contributed by atoms with Gasteiger partial charge in [-0.2, -0.15) is 0 Å². The summed E-state index contributed by atoms with van der Waals surface area (Å²) in [6, 6.07) is 10.4. The molecule has 2 heterocycles. The molecule has 0 unspecified atom stereocenters. The Morgan fingerprint density at radius 3 is 2.50 bits per heavy atom. The molecule has 4 nitrogen and oxygen atoms in total. The maximum absolute atomic E-state index is 12.2. The van der Waals surface area contributed by atoms with Crippen LogP contribution in [0.1, 0.15) is 31.4 Å². The third kappa shape index (κ3) is 2.76. The molecule has 1 amide bonds. The average molecular weight is 297 g/mol. The van der Waals surface area contributed by atoms with Gasteiger partial charge in [0.1, 0.15) is 6.10 Å². The number of cyclic esters (lactones) is 1. The number of ether oxygens (including phenoxy) is 1. The molecule has 2 aliphatic rings. The number of carbonyl (C=O) groups excluding carboxylic acids is 1. The van der Waals surface area contributed by atoms with E-state index < -0.39 is 0 Å². The Balaban J connectivity index is 0.00000147. The second-order valence-corrected chi connectivity index (χ2v) is 5.34. The van der Waals surface area contributed by atoms with Crippen LogP contribution in [0.3, 0.4) is 0 Å². The fraction of sp³-hybridized carbons (Fsp3) is 0.533. The molecule has 2 aliphatic heterocycles. The van der Waals surface area contributed by atoms with Crippen LogP contribution in [0.2, 0.25) is 0 Å². The second kappa shape index (κ2) is 6.46. The van der Waals surface area contributed by atoms with Crippen LogP contribution in [0.25, 0.3) is 0 Å². The number of piperidine rings is 1. The molecule has 110 valence electrons. The molecule has 0 saturated carbocycles. The van der Waals surface area contributed by atoms with Crippen molar-refractivity contribution in [1.29, 1.82) is 0 Å². The Morgan fingerprint density at radius 2 is 1.85 bits per heavy atom. The standard InChI is InChI=1S/C15H20N2O2.ClH/c1-11-14(12-5-3-2-4-6-12)19-15(18)17(11)13-7-9-16-10-8-13;/h2-6,11,13-14,16H,7-10H2,1H3;1H/t11-,14-;/m1./s1. The summed E-state index contributed by atoms with van der Waals surface area (Å²) in [6.45, 7) is 4.05. The third-order valence-corrected chi connectivity index (χ3v) is 4.15. The Kier molecular flexibility index (Phi) is 4.89. The lowest BCUT2D eigenvalue weighted by Gasteiger charge is -2.33. The van der Waals surface area contributed by atoms with Gasteiger partial charge in [-0.15, -0.1) is 12.4 Å². The molecule has 2 fully saturated rings. The number of amides is 1. The van der Waals surface area contributed by atoms with E-state index in [-0.39, 0.29) is 30.6 Å². The summed E-state index contributed by atoms with van der Waals surface area (Å²) in [5, 5.41) is 3.33. The van der Waals surface area contributed by atoms with Gasteiger partial charge >= 0.3 is 6.09 Å². The minimum Gasteiger partial charge on any atom is -0.439 e. The number of carbonyl (C=O) groups is 1. The van der Waals surface area contributed by atoms with E-state index in [0.717, 1.165) is 31.5 Å². The van der Waals surface area contributed by atoms with Crippen LogP contribution < -0.4 is 5.32 Å². The van der Waals surface area contributed by atoms with Gasteiger partial charge in [0.2, 0.25) is 0 Å². The molecule has 0 bridgehead atoms. The van der Waals surface area contributed by atoms with Gasteiger partial charge in [0, 0.05) is 6.04 Å². The molecule has 0 aromatic heterocycles. The van der Waals surface area contributed by atoms with Crippen LogP contribution in [0.15, 0.2) is 30.3 Å². The largest absolute Gasteiger partial charge is 0.439 e. The van der Waals surface area contributed by atoms with Crippen LogP contribution in [0.5, 0.6) is 0 Å². The van der Waals surface area contributed by atoms with Gasteiger partial charge in [-0.3, -0.25) is 4.90 Å². The van der Waals surface area contributed by atoms with E-state index in [1.807, 2.05) is 35.2 Å².